The minimum absolute atomic E-state index is 0.105. The van der Waals surface area contributed by atoms with Crippen molar-refractivity contribution in [2.75, 3.05) is 13.1 Å². The van der Waals surface area contributed by atoms with E-state index >= 15 is 0 Å². The van der Waals surface area contributed by atoms with Crippen LogP contribution in [0.5, 0.6) is 0 Å². The van der Waals surface area contributed by atoms with Gasteiger partial charge < -0.3 is 10.4 Å². The Morgan fingerprint density at radius 2 is 2.00 bits per heavy atom. The van der Waals surface area contributed by atoms with Crippen LogP contribution in [-0.4, -0.2) is 35.2 Å². The number of hydrogen-bond donors (Lipinski definition) is 2. The van der Waals surface area contributed by atoms with E-state index in [1.165, 1.54) is 18.4 Å². The maximum absolute atomic E-state index is 10.9. The number of carbonyl (C=O) groups is 1. The molecular weight excluding hydrogens is 240 g/mol. The summed E-state index contributed by atoms with van der Waals surface area (Å²) in [7, 11) is 0. The zero-order chi connectivity index (χ0) is 13.2. The van der Waals surface area contributed by atoms with Crippen LogP contribution < -0.4 is 5.32 Å². The first-order valence-corrected chi connectivity index (χ1v) is 6.98. The number of carboxylic acid groups (broad SMARTS) is 1. The first-order chi connectivity index (χ1) is 9.22. The third kappa shape index (κ3) is 3.07. The zero-order valence-electron chi connectivity index (χ0n) is 11.0. The van der Waals surface area contributed by atoms with Crippen LogP contribution in [0.25, 0.3) is 0 Å². The van der Waals surface area contributed by atoms with Crippen molar-refractivity contribution < 1.29 is 9.90 Å². The standard InChI is InChI=1S/C15H20N2O2/c18-15(19)16-14-10-17(9-13(14)12-6-7-12)8-11-4-2-1-3-5-11/h1-5,12-14,16H,6-10H2,(H,18,19). The lowest BCUT2D eigenvalue weighted by atomic mass is 9.98. The maximum Gasteiger partial charge on any atom is 0.404 e. The lowest BCUT2D eigenvalue weighted by Gasteiger charge is -2.17. The Morgan fingerprint density at radius 3 is 2.63 bits per heavy atom. The van der Waals surface area contributed by atoms with Crippen molar-refractivity contribution in [1.29, 1.82) is 0 Å². The van der Waals surface area contributed by atoms with Crippen molar-refractivity contribution in [3.05, 3.63) is 35.9 Å². The monoisotopic (exact) mass is 260 g/mol. The van der Waals surface area contributed by atoms with Crippen LogP contribution >= 0.6 is 0 Å². The van der Waals surface area contributed by atoms with E-state index in [0.717, 1.165) is 25.6 Å². The first-order valence-electron chi connectivity index (χ1n) is 6.98. The maximum atomic E-state index is 10.9. The third-order valence-electron chi connectivity index (χ3n) is 4.23. The van der Waals surface area contributed by atoms with Gasteiger partial charge >= 0.3 is 6.09 Å². The van der Waals surface area contributed by atoms with E-state index in [1.54, 1.807) is 0 Å². The van der Waals surface area contributed by atoms with Gasteiger partial charge in [-0.3, -0.25) is 4.90 Å². The van der Waals surface area contributed by atoms with E-state index in [1.807, 2.05) is 6.07 Å². The molecule has 2 fully saturated rings. The Kier molecular flexibility index (Phi) is 3.42. The molecule has 1 aliphatic heterocycles. The number of likely N-dealkylation sites (tertiary alicyclic amines) is 1. The van der Waals surface area contributed by atoms with Gasteiger partial charge in [-0.1, -0.05) is 30.3 Å². The minimum Gasteiger partial charge on any atom is -0.465 e. The lowest BCUT2D eigenvalue weighted by Crippen LogP contribution is -2.40. The average molecular weight is 260 g/mol. The fourth-order valence-electron chi connectivity index (χ4n) is 3.20. The molecule has 1 heterocycles. The summed E-state index contributed by atoms with van der Waals surface area (Å²) in [6.07, 6.45) is 1.64. The van der Waals surface area contributed by atoms with Crippen LogP contribution in [0.4, 0.5) is 4.79 Å². The number of nitrogens with one attached hydrogen (secondary N) is 1. The van der Waals surface area contributed by atoms with Crippen LogP contribution in [-0.2, 0) is 6.54 Å². The summed E-state index contributed by atoms with van der Waals surface area (Å²) in [4.78, 5) is 13.3. The number of rotatable bonds is 4. The topological polar surface area (TPSA) is 52.6 Å². The SMILES string of the molecule is O=C(O)NC1CN(Cc2ccccc2)CC1C1CC1. The number of benzene rings is 1. The van der Waals surface area contributed by atoms with Crippen molar-refractivity contribution in [1.82, 2.24) is 10.2 Å². The number of hydrogen-bond acceptors (Lipinski definition) is 2. The van der Waals surface area contributed by atoms with Crippen molar-refractivity contribution in [2.45, 2.75) is 25.4 Å². The Balaban J connectivity index is 1.63. The molecule has 1 saturated heterocycles. The highest BCUT2D eigenvalue weighted by Crippen LogP contribution is 2.41. The van der Waals surface area contributed by atoms with Crippen LogP contribution in [0, 0.1) is 11.8 Å². The van der Waals surface area contributed by atoms with Gasteiger partial charge in [0.15, 0.2) is 0 Å². The van der Waals surface area contributed by atoms with E-state index in [2.05, 4.69) is 34.5 Å². The molecule has 1 aromatic carbocycles. The Hall–Kier alpha value is -1.55. The van der Waals surface area contributed by atoms with Crippen LogP contribution in [0.1, 0.15) is 18.4 Å². The molecule has 1 amide bonds. The van der Waals surface area contributed by atoms with Gasteiger partial charge in [0.1, 0.15) is 0 Å². The minimum atomic E-state index is -0.891. The fourth-order valence-corrected chi connectivity index (χ4v) is 3.20. The highest BCUT2D eigenvalue weighted by molar-refractivity contribution is 5.65. The highest BCUT2D eigenvalue weighted by Gasteiger charge is 2.42. The van der Waals surface area contributed by atoms with Crippen molar-refractivity contribution in [2.24, 2.45) is 11.8 Å². The molecule has 2 aliphatic rings. The molecule has 1 aliphatic carbocycles. The van der Waals surface area contributed by atoms with Crippen molar-refractivity contribution >= 4 is 6.09 Å². The normalized spacial score (nSPS) is 27.4. The molecular formula is C15H20N2O2. The second kappa shape index (κ2) is 5.21. The first kappa shape index (κ1) is 12.5. The molecule has 0 bridgehead atoms. The summed E-state index contributed by atoms with van der Waals surface area (Å²) in [6, 6.07) is 10.5. The summed E-state index contributed by atoms with van der Waals surface area (Å²) in [5, 5.41) is 11.6. The number of nitrogens with zero attached hydrogens (tertiary/aromatic N) is 1. The van der Waals surface area contributed by atoms with Gasteiger partial charge in [0.05, 0.1) is 0 Å². The van der Waals surface area contributed by atoms with E-state index in [-0.39, 0.29) is 6.04 Å². The molecule has 19 heavy (non-hydrogen) atoms. The molecule has 102 valence electrons. The van der Waals surface area contributed by atoms with Gasteiger partial charge in [-0.15, -0.1) is 0 Å². The molecule has 2 atom stereocenters. The Labute approximate surface area is 113 Å². The summed E-state index contributed by atoms with van der Waals surface area (Å²) < 4.78 is 0. The quantitative estimate of drug-likeness (QED) is 0.872. The summed E-state index contributed by atoms with van der Waals surface area (Å²) in [5.74, 6) is 1.23. The van der Waals surface area contributed by atoms with Crippen LogP contribution in [0.15, 0.2) is 30.3 Å². The molecule has 0 spiro atoms. The van der Waals surface area contributed by atoms with Crippen LogP contribution in [0.3, 0.4) is 0 Å². The van der Waals surface area contributed by atoms with Crippen LogP contribution in [0.2, 0.25) is 0 Å². The van der Waals surface area contributed by atoms with E-state index in [4.69, 9.17) is 5.11 Å². The molecule has 2 unspecified atom stereocenters. The molecule has 4 heteroatoms. The summed E-state index contributed by atoms with van der Waals surface area (Å²) >= 11 is 0. The molecule has 2 N–H and O–H groups in total. The fraction of sp³-hybridized carbons (Fsp3) is 0.533. The Bertz CT molecular complexity index is 445. The molecule has 0 radical (unpaired) electrons. The van der Waals surface area contributed by atoms with E-state index in [0.29, 0.717) is 5.92 Å². The predicted octanol–water partition coefficient (Wildman–Crippen LogP) is 2.16. The highest BCUT2D eigenvalue weighted by atomic mass is 16.4. The second-order valence-electron chi connectivity index (χ2n) is 5.74. The molecule has 3 rings (SSSR count). The van der Waals surface area contributed by atoms with Crippen molar-refractivity contribution in [3.63, 3.8) is 0 Å². The largest absolute Gasteiger partial charge is 0.465 e. The second-order valence-corrected chi connectivity index (χ2v) is 5.74. The molecule has 0 aromatic heterocycles. The molecule has 1 aromatic rings. The van der Waals surface area contributed by atoms with Gasteiger partial charge in [-0.05, 0) is 30.2 Å². The Morgan fingerprint density at radius 1 is 1.26 bits per heavy atom. The van der Waals surface area contributed by atoms with E-state index in [9.17, 15) is 4.79 Å². The summed E-state index contributed by atoms with van der Waals surface area (Å²) in [6.45, 7) is 2.77. The summed E-state index contributed by atoms with van der Waals surface area (Å²) in [5.41, 5.74) is 1.30. The van der Waals surface area contributed by atoms with Crippen molar-refractivity contribution in [3.8, 4) is 0 Å². The van der Waals surface area contributed by atoms with Gasteiger partial charge in [-0.25, -0.2) is 4.79 Å². The van der Waals surface area contributed by atoms with Gasteiger partial charge in [0, 0.05) is 25.7 Å². The molecule has 4 nitrogen and oxygen atoms in total. The smallest absolute Gasteiger partial charge is 0.404 e. The van der Waals surface area contributed by atoms with Gasteiger partial charge in [0.2, 0.25) is 0 Å². The van der Waals surface area contributed by atoms with E-state index < -0.39 is 6.09 Å². The lowest BCUT2D eigenvalue weighted by molar-refractivity contribution is 0.186. The van der Waals surface area contributed by atoms with Gasteiger partial charge in [-0.2, -0.15) is 0 Å². The third-order valence-corrected chi connectivity index (χ3v) is 4.23. The zero-order valence-corrected chi connectivity index (χ0v) is 11.0. The number of amides is 1. The molecule has 1 saturated carbocycles. The predicted molar refractivity (Wildman–Crippen MR) is 72.9 cm³/mol. The van der Waals surface area contributed by atoms with Gasteiger partial charge in [0.25, 0.3) is 0 Å². The average Bonchev–Trinajstić information content (AvgIpc) is 3.14.